The Morgan fingerprint density at radius 2 is 1.75 bits per heavy atom. The molecule has 0 bridgehead atoms. The molecule has 0 aromatic heterocycles. The van der Waals surface area contributed by atoms with Crippen molar-refractivity contribution in [1.82, 2.24) is 0 Å². The van der Waals surface area contributed by atoms with Gasteiger partial charge in [-0.25, -0.2) is 9.18 Å². The van der Waals surface area contributed by atoms with Crippen LogP contribution in [0.3, 0.4) is 0 Å². The number of carbonyl (C=O) groups excluding carboxylic acids is 2. The van der Waals surface area contributed by atoms with Gasteiger partial charge in [-0.05, 0) is 30.3 Å². The van der Waals surface area contributed by atoms with Crippen LogP contribution < -0.4 is 9.47 Å². The average Bonchev–Trinajstić information content (AvgIpc) is 2.58. The van der Waals surface area contributed by atoms with E-state index < -0.39 is 24.2 Å². The SMILES string of the molecule is COc1ccc(C(=O)COC(=O)c2ccc(Br)cc2F)c(OC)c1. The number of ether oxygens (including phenoxy) is 3. The third-order valence-corrected chi connectivity index (χ3v) is 3.69. The number of hydrogen-bond donors (Lipinski definition) is 0. The van der Waals surface area contributed by atoms with Crippen LogP contribution in [-0.2, 0) is 4.74 Å². The van der Waals surface area contributed by atoms with Gasteiger partial charge in [0.1, 0.15) is 17.3 Å². The molecule has 0 heterocycles. The number of hydrogen-bond acceptors (Lipinski definition) is 5. The Hall–Kier alpha value is -2.41. The molecule has 5 nitrogen and oxygen atoms in total. The van der Waals surface area contributed by atoms with Gasteiger partial charge in [-0.3, -0.25) is 4.79 Å². The number of Topliss-reactive ketones (excluding diaryl/α,β-unsaturated/α-hetero) is 1. The van der Waals surface area contributed by atoms with Crippen LogP contribution >= 0.6 is 15.9 Å². The van der Waals surface area contributed by atoms with Crippen molar-refractivity contribution in [1.29, 1.82) is 0 Å². The van der Waals surface area contributed by atoms with Gasteiger partial charge in [0, 0.05) is 10.5 Å². The van der Waals surface area contributed by atoms with E-state index in [4.69, 9.17) is 14.2 Å². The first-order valence-corrected chi connectivity index (χ1v) is 7.63. The van der Waals surface area contributed by atoms with Crippen LogP contribution in [0, 0.1) is 5.82 Å². The number of ketones is 1. The summed E-state index contributed by atoms with van der Waals surface area (Å²) in [4.78, 5) is 24.1. The molecule has 0 aliphatic carbocycles. The second-order valence-corrected chi connectivity index (χ2v) is 5.61. The van der Waals surface area contributed by atoms with Crippen molar-refractivity contribution >= 4 is 27.7 Å². The number of methoxy groups -OCH3 is 2. The van der Waals surface area contributed by atoms with Crippen LogP contribution in [0.25, 0.3) is 0 Å². The predicted molar refractivity (Wildman–Crippen MR) is 88.3 cm³/mol. The van der Waals surface area contributed by atoms with E-state index in [1.807, 2.05) is 0 Å². The summed E-state index contributed by atoms with van der Waals surface area (Å²) in [6.07, 6.45) is 0. The summed E-state index contributed by atoms with van der Waals surface area (Å²) in [5.74, 6) is -1.30. The lowest BCUT2D eigenvalue weighted by Crippen LogP contribution is -2.16. The first kappa shape index (κ1) is 17.9. The predicted octanol–water partition coefficient (Wildman–Crippen LogP) is 3.65. The van der Waals surface area contributed by atoms with Gasteiger partial charge >= 0.3 is 5.97 Å². The summed E-state index contributed by atoms with van der Waals surface area (Å²) in [7, 11) is 2.90. The number of rotatable bonds is 6. The number of halogens is 2. The Morgan fingerprint density at radius 3 is 2.38 bits per heavy atom. The van der Waals surface area contributed by atoms with Gasteiger partial charge in [0.25, 0.3) is 0 Å². The molecular weight excluding hydrogens is 383 g/mol. The summed E-state index contributed by atoms with van der Waals surface area (Å²) in [6.45, 7) is -0.531. The summed E-state index contributed by atoms with van der Waals surface area (Å²) in [5.41, 5.74) is -0.00456. The van der Waals surface area contributed by atoms with Crippen molar-refractivity contribution < 1.29 is 28.2 Å². The van der Waals surface area contributed by atoms with Crippen LogP contribution in [0.1, 0.15) is 20.7 Å². The molecule has 0 atom stereocenters. The number of carbonyl (C=O) groups is 2. The van der Waals surface area contributed by atoms with E-state index in [1.165, 1.54) is 32.4 Å². The van der Waals surface area contributed by atoms with Crippen molar-refractivity contribution in [2.24, 2.45) is 0 Å². The molecule has 0 saturated heterocycles. The Balaban J connectivity index is 2.09. The summed E-state index contributed by atoms with van der Waals surface area (Å²) < 4.78 is 29.3. The van der Waals surface area contributed by atoms with E-state index in [2.05, 4.69) is 15.9 Å². The number of esters is 1. The fourth-order valence-corrected chi connectivity index (χ4v) is 2.30. The molecule has 2 aromatic carbocycles. The highest BCUT2D eigenvalue weighted by molar-refractivity contribution is 9.10. The maximum absolute atomic E-state index is 13.7. The molecule has 7 heteroatoms. The highest BCUT2D eigenvalue weighted by atomic mass is 79.9. The summed E-state index contributed by atoms with van der Waals surface area (Å²) in [5, 5.41) is 0. The maximum atomic E-state index is 13.7. The molecule has 0 unspecified atom stereocenters. The van der Waals surface area contributed by atoms with Gasteiger partial charge < -0.3 is 14.2 Å². The Kier molecular flexibility index (Phi) is 5.92. The second kappa shape index (κ2) is 7.92. The highest BCUT2D eigenvalue weighted by Crippen LogP contribution is 2.25. The molecule has 0 radical (unpaired) electrons. The summed E-state index contributed by atoms with van der Waals surface area (Å²) in [6, 6.07) is 8.57. The lowest BCUT2D eigenvalue weighted by Gasteiger charge is -2.10. The third kappa shape index (κ3) is 4.11. The molecule has 2 rings (SSSR count). The molecule has 0 fully saturated rings. The monoisotopic (exact) mass is 396 g/mol. The van der Waals surface area contributed by atoms with Crippen molar-refractivity contribution in [3.05, 3.63) is 57.8 Å². The highest BCUT2D eigenvalue weighted by Gasteiger charge is 2.18. The van der Waals surface area contributed by atoms with Crippen LogP contribution in [0.4, 0.5) is 4.39 Å². The summed E-state index contributed by atoms with van der Waals surface area (Å²) >= 11 is 3.10. The van der Waals surface area contributed by atoms with E-state index >= 15 is 0 Å². The van der Waals surface area contributed by atoms with Gasteiger partial charge in [-0.1, -0.05) is 15.9 Å². The molecule has 0 saturated carbocycles. The van der Waals surface area contributed by atoms with Gasteiger partial charge in [0.2, 0.25) is 5.78 Å². The maximum Gasteiger partial charge on any atom is 0.341 e. The van der Waals surface area contributed by atoms with E-state index in [0.29, 0.717) is 16.0 Å². The van der Waals surface area contributed by atoms with Gasteiger partial charge in [-0.15, -0.1) is 0 Å². The molecule has 24 heavy (non-hydrogen) atoms. The van der Waals surface area contributed by atoms with Crippen LogP contribution in [0.5, 0.6) is 11.5 Å². The normalized spacial score (nSPS) is 10.2. The zero-order valence-corrected chi connectivity index (χ0v) is 14.6. The fourth-order valence-electron chi connectivity index (χ4n) is 1.97. The van der Waals surface area contributed by atoms with Crippen LogP contribution in [-0.4, -0.2) is 32.6 Å². The minimum Gasteiger partial charge on any atom is -0.497 e. The Bertz CT molecular complexity index is 776. The largest absolute Gasteiger partial charge is 0.497 e. The fraction of sp³-hybridized carbons (Fsp3) is 0.176. The van der Waals surface area contributed by atoms with E-state index in [-0.39, 0.29) is 11.1 Å². The van der Waals surface area contributed by atoms with E-state index in [0.717, 1.165) is 6.07 Å². The molecule has 0 spiro atoms. The first-order valence-electron chi connectivity index (χ1n) is 6.83. The van der Waals surface area contributed by atoms with Crippen molar-refractivity contribution in [2.45, 2.75) is 0 Å². The van der Waals surface area contributed by atoms with Crippen molar-refractivity contribution in [3.63, 3.8) is 0 Å². The van der Waals surface area contributed by atoms with Gasteiger partial charge in [0.05, 0.1) is 25.3 Å². The molecule has 0 aliphatic heterocycles. The van der Waals surface area contributed by atoms with Crippen LogP contribution in [0.2, 0.25) is 0 Å². The average molecular weight is 397 g/mol. The zero-order valence-electron chi connectivity index (χ0n) is 13.0. The van der Waals surface area contributed by atoms with Crippen LogP contribution in [0.15, 0.2) is 40.9 Å². The topological polar surface area (TPSA) is 61.8 Å². The van der Waals surface area contributed by atoms with Gasteiger partial charge in [-0.2, -0.15) is 0 Å². The Morgan fingerprint density at radius 1 is 1.04 bits per heavy atom. The molecule has 0 aliphatic rings. The van der Waals surface area contributed by atoms with Gasteiger partial charge in [0.15, 0.2) is 6.61 Å². The molecular formula is C17H14BrFO5. The lowest BCUT2D eigenvalue weighted by atomic mass is 10.1. The van der Waals surface area contributed by atoms with E-state index in [1.54, 1.807) is 12.1 Å². The van der Waals surface area contributed by atoms with Crippen molar-refractivity contribution in [2.75, 3.05) is 20.8 Å². The standard InChI is InChI=1S/C17H14BrFO5/c1-22-11-4-6-13(16(8-11)23-2)15(20)9-24-17(21)12-5-3-10(18)7-14(12)19/h3-8H,9H2,1-2H3. The zero-order chi connectivity index (χ0) is 17.7. The lowest BCUT2D eigenvalue weighted by molar-refractivity contribution is 0.0469. The third-order valence-electron chi connectivity index (χ3n) is 3.19. The quantitative estimate of drug-likeness (QED) is 0.550. The molecule has 0 N–H and O–H groups in total. The minimum absolute atomic E-state index is 0.238. The molecule has 2 aromatic rings. The molecule has 126 valence electrons. The molecule has 0 amide bonds. The second-order valence-electron chi connectivity index (χ2n) is 4.69. The van der Waals surface area contributed by atoms with E-state index in [9.17, 15) is 14.0 Å². The first-order chi connectivity index (χ1) is 11.5. The Labute approximate surface area is 146 Å². The minimum atomic E-state index is -0.916. The smallest absolute Gasteiger partial charge is 0.341 e. The van der Waals surface area contributed by atoms with Crippen molar-refractivity contribution in [3.8, 4) is 11.5 Å². The number of benzene rings is 2.